The molecule has 0 atom stereocenters. The van der Waals surface area contributed by atoms with Crippen LogP contribution in [0.4, 0.5) is 0 Å². The van der Waals surface area contributed by atoms with E-state index < -0.39 is 0 Å². The molecule has 1 aromatic heterocycles. The van der Waals surface area contributed by atoms with Crippen LogP contribution in [0.1, 0.15) is 21.5 Å². The minimum Gasteiger partial charge on any atom is -0.334 e. The Morgan fingerprint density at radius 3 is 2.63 bits per heavy atom. The first-order valence-corrected chi connectivity index (χ1v) is 8.36. The van der Waals surface area contributed by atoms with Gasteiger partial charge in [-0.05, 0) is 55.5 Å². The maximum Gasteiger partial charge on any atom is 0.256 e. The molecule has 2 heterocycles. The Balaban J connectivity index is 1.85. The molecule has 0 unspecified atom stereocenters. The van der Waals surface area contributed by atoms with Crippen molar-refractivity contribution in [2.45, 2.75) is 13.0 Å². The third kappa shape index (κ3) is 2.64. The highest BCUT2D eigenvalue weighted by molar-refractivity contribution is 9.12. The van der Waals surface area contributed by atoms with Crippen LogP contribution in [0.5, 0.6) is 0 Å². The molecule has 0 saturated heterocycles. The van der Waals surface area contributed by atoms with E-state index in [0.717, 1.165) is 26.1 Å². The summed E-state index contributed by atoms with van der Waals surface area (Å²) in [5.74, 6) is 0.100. The molecular formula is C14H11Br2NOS. The highest BCUT2D eigenvalue weighted by Gasteiger charge is 2.24. The van der Waals surface area contributed by atoms with Gasteiger partial charge < -0.3 is 4.90 Å². The fourth-order valence-electron chi connectivity index (χ4n) is 2.33. The van der Waals surface area contributed by atoms with E-state index in [0.29, 0.717) is 6.54 Å². The molecule has 0 spiro atoms. The standard InChI is InChI=1S/C14H11Br2NOS/c15-12-7-11(13(16)19-12)14(18)17-6-5-9-3-1-2-4-10(9)8-17/h1-4,7H,5-6,8H2. The Hall–Kier alpha value is -0.650. The molecule has 1 aromatic carbocycles. The van der Waals surface area contributed by atoms with Crippen LogP contribution in [0.15, 0.2) is 37.9 Å². The van der Waals surface area contributed by atoms with Crippen LogP contribution in [0.2, 0.25) is 0 Å². The second kappa shape index (κ2) is 5.38. The number of carbonyl (C=O) groups is 1. The van der Waals surface area contributed by atoms with Gasteiger partial charge in [-0.3, -0.25) is 4.79 Å². The number of halogens is 2. The Morgan fingerprint density at radius 1 is 1.21 bits per heavy atom. The molecular weight excluding hydrogens is 390 g/mol. The van der Waals surface area contributed by atoms with Gasteiger partial charge in [-0.25, -0.2) is 0 Å². The molecule has 1 amide bonds. The van der Waals surface area contributed by atoms with Gasteiger partial charge >= 0.3 is 0 Å². The van der Waals surface area contributed by atoms with Crippen LogP contribution in [0.3, 0.4) is 0 Å². The second-order valence-corrected chi connectivity index (χ2v) is 8.23. The molecule has 1 aliphatic heterocycles. The quantitative estimate of drug-likeness (QED) is 0.691. The van der Waals surface area contributed by atoms with Crippen LogP contribution in [-0.4, -0.2) is 17.4 Å². The fraction of sp³-hybridized carbons (Fsp3) is 0.214. The Bertz CT molecular complexity index is 638. The minimum absolute atomic E-state index is 0.100. The summed E-state index contributed by atoms with van der Waals surface area (Å²) in [7, 11) is 0. The van der Waals surface area contributed by atoms with Gasteiger partial charge in [-0.1, -0.05) is 24.3 Å². The molecule has 0 fully saturated rings. The first kappa shape index (κ1) is 13.3. The van der Waals surface area contributed by atoms with E-state index in [1.165, 1.54) is 22.5 Å². The molecule has 98 valence electrons. The number of hydrogen-bond acceptors (Lipinski definition) is 2. The maximum absolute atomic E-state index is 12.5. The first-order chi connectivity index (χ1) is 9.15. The van der Waals surface area contributed by atoms with Crippen molar-refractivity contribution in [3.8, 4) is 0 Å². The number of fused-ring (bicyclic) bond motifs is 1. The summed E-state index contributed by atoms with van der Waals surface area (Å²) in [6.07, 6.45) is 0.935. The molecule has 2 aromatic rings. The van der Waals surface area contributed by atoms with Crippen molar-refractivity contribution in [1.82, 2.24) is 4.90 Å². The van der Waals surface area contributed by atoms with Gasteiger partial charge in [0.2, 0.25) is 0 Å². The lowest BCUT2D eigenvalue weighted by Crippen LogP contribution is -2.35. The van der Waals surface area contributed by atoms with Crippen molar-refractivity contribution in [3.63, 3.8) is 0 Å². The Morgan fingerprint density at radius 2 is 1.95 bits per heavy atom. The summed E-state index contributed by atoms with van der Waals surface area (Å²) in [5.41, 5.74) is 3.36. The van der Waals surface area contributed by atoms with Crippen molar-refractivity contribution < 1.29 is 4.79 Å². The zero-order valence-electron chi connectivity index (χ0n) is 10.0. The summed E-state index contributed by atoms with van der Waals surface area (Å²) < 4.78 is 1.86. The second-order valence-electron chi connectivity index (χ2n) is 4.48. The first-order valence-electron chi connectivity index (χ1n) is 5.96. The van der Waals surface area contributed by atoms with Crippen LogP contribution in [0, 0.1) is 0 Å². The molecule has 1 aliphatic rings. The van der Waals surface area contributed by atoms with E-state index in [9.17, 15) is 4.79 Å². The van der Waals surface area contributed by atoms with Crippen molar-refractivity contribution in [1.29, 1.82) is 0 Å². The molecule has 19 heavy (non-hydrogen) atoms. The lowest BCUT2D eigenvalue weighted by molar-refractivity contribution is 0.0734. The molecule has 0 N–H and O–H groups in total. The third-order valence-corrected chi connectivity index (χ3v) is 5.64. The molecule has 2 nitrogen and oxygen atoms in total. The van der Waals surface area contributed by atoms with Crippen molar-refractivity contribution in [3.05, 3.63) is 54.6 Å². The Kier molecular flexibility index (Phi) is 3.78. The summed E-state index contributed by atoms with van der Waals surface area (Å²) >= 11 is 8.41. The van der Waals surface area contributed by atoms with Crippen molar-refractivity contribution in [2.24, 2.45) is 0 Å². The summed E-state index contributed by atoms with van der Waals surface area (Å²) in [6, 6.07) is 10.2. The van der Waals surface area contributed by atoms with Gasteiger partial charge in [0.1, 0.15) is 0 Å². The Labute approximate surface area is 132 Å². The average molecular weight is 401 g/mol. The highest BCUT2D eigenvalue weighted by atomic mass is 79.9. The van der Waals surface area contributed by atoms with Gasteiger partial charge in [-0.15, -0.1) is 11.3 Å². The fourth-order valence-corrected chi connectivity index (χ4v) is 5.10. The van der Waals surface area contributed by atoms with Crippen LogP contribution in [0.25, 0.3) is 0 Å². The topological polar surface area (TPSA) is 20.3 Å². The third-order valence-electron chi connectivity index (χ3n) is 3.30. The van der Waals surface area contributed by atoms with Gasteiger partial charge in [0.05, 0.1) is 13.1 Å². The average Bonchev–Trinajstić information content (AvgIpc) is 2.76. The summed E-state index contributed by atoms with van der Waals surface area (Å²) in [5, 5.41) is 0. The number of nitrogens with zero attached hydrogens (tertiary/aromatic N) is 1. The molecule has 0 saturated carbocycles. The summed E-state index contributed by atoms with van der Waals surface area (Å²) in [4.78, 5) is 14.4. The van der Waals surface area contributed by atoms with Crippen LogP contribution >= 0.6 is 43.2 Å². The van der Waals surface area contributed by atoms with E-state index in [1.807, 2.05) is 17.0 Å². The van der Waals surface area contributed by atoms with Crippen LogP contribution < -0.4 is 0 Å². The summed E-state index contributed by atoms with van der Waals surface area (Å²) in [6.45, 7) is 1.49. The lowest BCUT2D eigenvalue weighted by Gasteiger charge is -2.28. The zero-order chi connectivity index (χ0) is 13.4. The van der Waals surface area contributed by atoms with E-state index >= 15 is 0 Å². The SMILES string of the molecule is O=C(c1cc(Br)sc1Br)N1CCc2ccccc2C1. The zero-order valence-corrected chi connectivity index (χ0v) is 14.0. The minimum atomic E-state index is 0.100. The molecule has 0 radical (unpaired) electrons. The molecule has 0 aliphatic carbocycles. The van der Waals surface area contributed by atoms with Crippen molar-refractivity contribution in [2.75, 3.05) is 6.54 Å². The number of hydrogen-bond donors (Lipinski definition) is 0. The van der Waals surface area contributed by atoms with Crippen molar-refractivity contribution >= 4 is 49.1 Å². The monoisotopic (exact) mass is 399 g/mol. The molecule has 5 heteroatoms. The van der Waals surface area contributed by atoms with E-state index in [4.69, 9.17) is 0 Å². The van der Waals surface area contributed by atoms with E-state index in [2.05, 4.69) is 50.1 Å². The van der Waals surface area contributed by atoms with Gasteiger partial charge in [-0.2, -0.15) is 0 Å². The molecule has 3 rings (SSSR count). The van der Waals surface area contributed by atoms with Gasteiger partial charge in [0, 0.05) is 13.1 Å². The maximum atomic E-state index is 12.5. The number of benzene rings is 1. The lowest BCUT2D eigenvalue weighted by atomic mass is 9.99. The van der Waals surface area contributed by atoms with Crippen LogP contribution in [-0.2, 0) is 13.0 Å². The van der Waals surface area contributed by atoms with E-state index in [-0.39, 0.29) is 5.91 Å². The van der Waals surface area contributed by atoms with E-state index in [1.54, 1.807) is 0 Å². The predicted octanol–water partition coefficient (Wildman–Crippen LogP) is 4.47. The van der Waals surface area contributed by atoms with Gasteiger partial charge in [0.15, 0.2) is 0 Å². The normalized spacial score (nSPS) is 14.3. The smallest absolute Gasteiger partial charge is 0.256 e. The predicted molar refractivity (Wildman–Crippen MR) is 84.6 cm³/mol. The van der Waals surface area contributed by atoms with Gasteiger partial charge in [0.25, 0.3) is 5.91 Å². The highest BCUT2D eigenvalue weighted by Crippen LogP contribution is 2.33. The number of amides is 1. The molecule has 0 bridgehead atoms. The number of rotatable bonds is 1. The largest absolute Gasteiger partial charge is 0.334 e. The number of thiophene rings is 1. The number of carbonyl (C=O) groups excluding carboxylic acids is 1.